The average molecular weight is 911 g/mol. The fourth-order valence-electron chi connectivity index (χ4n) is 8.15. The maximum atomic E-state index is 13.9. The Morgan fingerprint density at radius 1 is 0.409 bits per heavy atom. The summed E-state index contributed by atoms with van der Waals surface area (Å²) in [7, 11) is 0. The molecule has 0 aliphatic rings. The van der Waals surface area contributed by atoms with E-state index in [1.54, 1.807) is 43.3 Å². The molecule has 0 aliphatic carbocycles. The highest BCUT2D eigenvalue weighted by Gasteiger charge is 2.21. The number of ether oxygens (including phenoxy) is 5. The summed E-state index contributed by atoms with van der Waals surface area (Å²) in [6.45, 7) is 13.7. The van der Waals surface area contributed by atoms with Crippen LogP contribution in [0, 0.1) is 0 Å². The highest BCUT2D eigenvalue weighted by atomic mass is 16.5. The molecule has 0 amide bonds. The van der Waals surface area contributed by atoms with Crippen molar-refractivity contribution in [3.05, 3.63) is 78.4 Å². The minimum atomic E-state index is -0.486. The van der Waals surface area contributed by atoms with Crippen LogP contribution in [-0.4, -0.2) is 31.8 Å². The number of carbonyl (C=O) groups excluding carboxylic acids is 2. The highest BCUT2D eigenvalue weighted by molar-refractivity contribution is 5.93. The third kappa shape index (κ3) is 25.0. The first kappa shape index (κ1) is 56.1. The van der Waals surface area contributed by atoms with Crippen LogP contribution in [-0.2, 0) is 4.79 Å². The van der Waals surface area contributed by atoms with Crippen LogP contribution in [0.2, 0.25) is 0 Å². The van der Waals surface area contributed by atoms with Gasteiger partial charge in [0.1, 0.15) is 11.5 Å². The van der Waals surface area contributed by atoms with Gasteiger partial charge in [0.05, 0.1) is 25.4 Å². The summed E-state index contributed by atoms with van der Waals surface area (Å²) in [4.78, 5) is 25.9. The second-order valence-electron chi connectivity index (χ2n) is 18.5. The minimum Gasteiger partial charge on any atom is -0.490 e. The number of esters is 2. The molecular formula is C59H90O7. The van der Waals surface area contributed by atoms with Crippen molar-refractivity contribution in [1.29, 1.82) is 0 Å². The molecule has 0 spiro atoms. The average Bonchev–Trinajstić information content (AvgIpc) is 3.32. The van der Waals surface area contributed by atoms with Gasteiger partial charge in [-0.05, 0) is 73.7 Å². The van der Waals surface area contributed by atoms with Gasteiger partial charge >= 0.3 is 11.9 Å². The molecule has 0 aromatic heterocycles. The summed E-state index contributed by atoms with van der Waals surface area (Å²) in [5.41, 5.74) is 2.57. The molecule has 368 valence electrons. The summed E-state index contributed by atoms with van der Waals surface area (Å²) in [5.74, 6) is 1.60. The standard InChI is InChI=1S/C59H90O7/c1-6-9-12-15-18-21-24-27-30-33-44-62-55-47-52(59(61)66-54-42-38-51(39-43-54)50-36-40-53(41-37-50)65-58(60)49(4)5)48-56(63-45-34-31-28-25-22-19-16-13-10-7-2)57(55)64-46-35-32-29-26-23-20-17-14-11-8-3/h36-43,47-48H,4,6-35,44-46H2,1-3,5H3. The Bertz CT molecular complexity index is 1670. The highest BCUT2D eigenvalue weighted by Crippen LogP contribution is 2.40. The second kappa shape index (κ2) is 36.8. The summed E-state index contributed by atoms with van der Waals surface area (Å²) in [5, 5.41) is 0. The molecule has 7 nitrogen and oxygen atoms in total. The summed E-state index contributed by atoms with van der Waals surface area (Å²) in [6, 6.07) is 18.2. The van der Waals surface area contributed by atoms with Gasteiger partial charge in [0.15, 0.2) is 11.5 Å². The van der Waals surface area contributed by atoms with Crippen molar-refractivity contribution in [3.63, 3.8) is 0 Å². The van der Waals surface area contributed by atoms with E-state index in [-0.39, 0.29) is 0 Å². The Kier molecular flexibility index (Phi) is 31.3. The van der Waals surface area contributed by atoms with Crippen LogP contribution in [0.25, 0.3) is 11.1 Å². The van der Waals surface area contributed by atoms with E-state index >= 15 is 0 Å². The Morgan fingerprint density at radius 3 is 1.05 bits per heavy atom. The molecule has 0 heterocycles. The van der Waals surface area contributed by atoms with Crippen LogP contribution < -0.4 is 23.7 Å². The SMILES string of the molecule is C=C(C)C(=O)Oc1ccc(-c2ccc(OC(=O)c3cc(OCCCCCCCCCCCC)c(OCCCCCCCCCCCC)c(OCCCCCCCCCCCC)c3)cc2)cc1. The van der Waals surface area contributed by atoms with Crippen LogP contribution in [0.15, 0.2) is 72.8 Å². The maximum absolute atomic E-state index is 13.9. The lowest BCUT2D eigenvalue weighted by atomic mass is 10.1. The molecule has 3 aromatic carbocycles. The van der Waals surface area contributed by atoms with E-state index in [2.05, 4.69) is 27.4 Å². The fourth-order valence-corrected chi connectivity index (χ4v) is 8.15. The zero-order valence-electron chi connectivity index (χ0n) is 42.2. The van der Waals surface area contributed by atoms with Gasteiger partial charge in [-0.15, -0.1) is 0 Å². The van der Waals surface area contributed by atoms with E-state index in [9.17, 15) is 9.59 Å². The van der Waals surface area contributed by atoms with Crippen LogP contribution >= 0.6 is 0 Å². The van der Waals surface area contributed by atoms with E-state index < -0.39 is 11.9 Å². The Morgan fingerprint density at radius 2 is 0.712 bits per heavy atom. The molecule has 0 aliphatic heterocycles. The molecule has 0 saturated heterocycles. The molecule has 66 heavy (non-hydrogen) atoms. The van der Waals surface area contributed by atoms with Gasteiger partial charge in [-0.25, -0.2) is 9.59 Å². The Balaban J connectivity index is 1.71. The zero-order chi connectivity index (χ0) is 47.3. The van der Waals surface area contributed by atoms with Crippen LogP contribution in [0.1, 0.15) is 231 Å². The van der Waals surface area contributed by atoms with Crippen LogP contribution in [0.3, 0.4) is 0 Å². The van der Waals surface area contributed by atoms with Gasteiger partial charge in [0, 0.05) is 5.57 Å². The fraction of sp³-hybridized carbons (Fsp3) is 0.627. The largest absolute Gasteiger partial charge is 0.490 e. The van der Waals surface area contributed by atoms with Crippen molar-refractivity contribution in [1.82, 2.24) is 0 Å². The molecule has 3 rings (SSSR count). The van der Waals surface area contributed by atoms with Crippen molar-refractivity contribution in [2.75, 3.05) is 19.8 Å². The van der Waals surface area contributed by atoms with Gasteiger partial charge in [-0.2, -0.15) is 0 Å². The first-order valence-electron chi connectivity index (χ1n) is 26.7. The van der Waals surface area contributed by atoms with E-state index in [1.165, 1.54) is 154 Å². The lowest BCUT2D eigenvalue weighted by Gasteiger charge is -2.19. The van der Waals surface area contributed by atoms with Crippen molar-refractivity contribution in [3.8, 4) is 39.9 Å². The van der Waals surface area contributed by atoms with Gasteiger partial charge in [0.25, 0.3) is 0 Å². The molecule has 0 radical (unpaired) electrons. The maximum Gasteiger partial charge on any atom is 0.343 e. The van der Waals surface area contributed by atoms with Gasteiger partial charge in [-0.3, -0.25) is 0 Å². The molecule has 0 fully saturated rings. The topological polar surface area (TPSA) is 80.3 Å². The molecule has 0 N–H and O–H groups in total. The molecular weight excluding hydrogens is 821 g/mol. The summed E-state index contributed by atoms with van der Waals surface area (Å²) >= 11 is 0. The van der Waals surface area contributed by atoms with Crippen molar-refractivity contribution >= 4 is 11.9 Å². The number of carbonyl (C=O) groups is 2. The third-order valence-corrected chi connectivity index (χ3v) is 12.3. The number of hydrogen-bond acceptors (Lipinski definition) is 7. The number of unbranched alkanes of at least 4 members (excludes halogenated alkanes) is 27. The normalized spacial score (nSPS) is 11.1. The molecule has 0 saturated carbocycles. The lowest BCUT2D eigenvalue weighted by molar-refractivity contribution is -0.130. The first-order chi connectivity index (χ1) is 32.4. The van der Waals surface area contributed by atoms with Crippen LogP contribution in [0.5, 0.6) is 28.7 Å². The predicted octanol–water partition coefficient (Wildman–Crippen LogP) is 18.0. The van der Waals surface area contributed by atoms with E-state index in [0.29, 0.717) is 59.7 Å². The van der Waals surface area contributed by atoms with Gasteiger partial charge in [0.2, 0.25) is 5.75 Å². The number of benzene rings is 3. The van der Waals surface area contributed by atoms with Crippen molar-refractivity contribution in [2.24, 2.45) is 0 Å². The first-order valence-corrected chi connectivity index (χ1v) is 26.7. The van der Waals surface area contributed by atoms with Gasteiger partial charge < -0.3 is 23.7 Å². The molecule has 0 unspecified atom stereocenters. The van der Waals surface area contributed by atoms with E-state index in [0.717, 1.165) is 49.7 Å². The quantitative estimate of drug-likeness (QED) is 0.0243. The number of rotatable bonds is 41. The van der Waals surface area contributed by atoms with E-state index in [4.69, 9.17) is 23.7 Å². The zero-order valence-corrected chi connectivity index (χ0v) is 42.2. The van der Waals surface area contributed by atoms with Gasteiger partial charge in [-0.1, -0.05) is 225 Å². The molecule has 7 heteroatoms. The smallest absolute Gasteiger partial charge is 0.343 e. The molecule has 3 aromatic rings. The summed E-state index contributed by atoms with van der Waals surface area (Å²) < 4.78 is 30.9. The minimum absolute atomic E-state index is 0.342. The number of hydrogen-bond donors (Lipinski definition) is 0. The monoisotopic (exact) mass is 911 g/mol. The van der Waals surface area contributed by atoms with Crippen molar-refractivity contribution in [2.45, 2.75) is 220 Å². The molecule has 0 atom stereocenters. The Labute approximate surface area is 402 Å². The Hall–Kier alpha value is -4.26. The second-order valence-corrected chi connectivity index (χ2v) is 18.5. The summed E-state index contributed by atoms with van der Waals surface area (Å²) in [6.07, 6.45) is 37.5. The molecule has 0 bridgehead atoms. The lowest BCUT2D eigenvalue weighted by Crippen LogP contribution is -2.12. The van der Waals surface area contributed by atoms with E-state index in [1.807, 2.05) is 24.3 Å². The third-order valence-electron chi connectivity index (χ3n) is 12.3. The van der Waals surface area contributed by atoms with Crippen LogP contribution in [0.4, 0.5) is 0 Å². The van der Waals surface area contributed by atoms with Crippen molar-refractivity contribution < 1.29 is 33.3 Å². The predicted molar refractivity (Wildman–Crippen MR) is 276 cm³/mol.